The molecule has 0 radical (unpaired) electrons. The molecule has 114 valence electrons. The second-order valence-corrected chi connectivity index (χ2v) is 5.60. The monoisotopic (exact) mass is 287 g/mol. The van der Waals surface area contributed by atoms with Crippen LogP contribution >= 0.6 is 0 Å². The molecule has 1 aromatic carbocycles. The van der Waals surface area contributed by atoms with Crippen molar-refractivity contribution in [2.45, 2.75) is 39.2 Å². The van der Waals surface area contributed by atoms with Gasteiger partial charge < -0.3 is 16.0 Å². The van der Waals surface area contributed by atoms with Crippen LogP contribution in [0.4, 0.5) is 0 Å². The van der Waals surface area contributed by atoms with Crippen molar-refractivity contribution >= 4 is 16.8 Å². The van der Waals surface area contributed by atoms with Crippen molar-refractivity contribution in [1.29, 1.82) is 0 Å². The van der Waals surface area contributed by atoms with Crippen LogP contribution in [0.15, 0.2) is 30.5 Å². The maximum absolute atomic E-state index is 12.1. The Kier molecular flexibility index (Phi) is 5.39. The van der Waals surface area contributed by atoms with Crippen LogP contribution in [0.3, 0.4) is 0 Å². The summed E-state index contributed by atoms with van der Waals surface area (Å²) in [6, 6.07) is 7.56. The van der Waals surface area contributed by atoms with E-state index < -0.39 is 6.04 Å². The first kappa shape index (κ1) is 15.6. The van der Waals surface area contributed by atoms with Gasteiger partial charge in [-0.2, -0.15) is 0 Å². The number of aromatic amines is 1. The molecule has 1 amide bonds. The molecule has 1 heterocycles. The number of para-hydroxylation sites is 1. The van der Waals surface area contributed by atoms with Gasteiger partial charge in [-0.25, -0.2) is 0 Å². The summed E-state index contributed by atoms with van der Waals surface area (Å²) in [7, 11) is 0. The van der Waals surface area contributed by atoms with E-state index in [0.717, 1.165) is 29.3 Å². The Morgan fingerprint density at radius 3 is 2.71 bits per heavy atom. The summed E-state index contributed by atoms with van der Waals surface area (Å²) in [4.78, 5) is 15.3. The van der Waals surface area contributed by atoms with E-state index in [1.54, 1.807) is 0 Å². The lowest BCUT2D eigenvalue weighted by Gasteiger charge is -2.16. The van der Waals surface area contributed by atoms with Gasteiger partial charge in [-0.1, -0.05) is 44.9 Å². The quantitative estimate of drug-likeness (QED) is 0.732. The van der Waals surface area contributed by atoms with Crippen molar-refractivity contribution in [2.75, 3.05) is 6.54 Å². The summed E-state index contributed by atoms with van der Waals surface area (Å²) in [6.07, 6.45) is 4.65. The first-order valence-corrected chi connectivity index (χ1v) is 7.74. The molecule has 4 nitrogen and oxygen atoms in total. The summed E-state index contributed by atoms with van der Waals surface area (Å²) < 4.78 is 0. The normalized spacial score (nSPS) is 12.8. The summed E-state index contributed by atoms with van der Waals surface area (Å²) >= 11 is 0. The molecule has 0 unspecified atom stereocenters. The van der Waals surface area contributed by atoms with Gasteiger partial charge in [-0.15, -0.1) is 0 Å². The summed E-state index contributed by atoms with van der Waals surface area (Å²) in [6.45, 7) is 5.01. The van der Waals surface area contributed by atoms with Crippen LogP contribution in [-0.4, -0.2) is 23.5 Å². The molecule has 0 spiro atoms. The molecule has 0 saturated heterocycles. The van der Waals surface area contributed by atoms with Crippen molar-refractivity contribution in [3.05, 3.63) is 36.0 Å². The van der Waals surface area contributed by atoms with Crippen LogP contribution in [0.1, 0.15) is 32.3 Å². The predicted molar refractivity (Wildman–Crippen MR) is 87.1 cm³/mol. The van der Waals surface area contributed by atoms with Crippen LogP contribution in [0.2, 0.25) is 0 Å². The molecule has 1 atom stereocenters. The van der Waals surface area contributed by atoms with Crippen LogP contribution < -0.4 is 11.1 Å². The number of fused-ring (bicyclic) bond motifs is 1. The molecule has 21 heavy (non-hydrogen) atoms. The van der Waals surface area contributed by atoms with Crippen LogP contribution in [-0.2, 0) is 11.2 Å². The van der Waals surface area contributed by atoms with Gasteiger partial charge in [0.05, 0.1) is 6.04 Å². The topological polar surface area (TPSA) is 70.9 Å². The number of H-pyrrole nitrogens is 1. The molecule has 2 rings (SSSR count). The Labute approximate surface area is 126 Å². The Balaban J connectivity index is 1.94. The maximum Gasteiger partial charge on any atom is 0.237 e. The van der Waals surface area contributed by atoms with E-state index in [0.29, 0.717) is 18.9 Å². The number of amides is 1. The molecule has 0 aliphatic heterocycles. The fraction of sp³-hybridized carbons (Fsp3) is 0.471. The molecular formula is C17H25N3O. The van der Waals surface area contributed by atoms with Crippen LogP contribution in [0.5, 0.6) is 0 Å². The zero-order valence-electron chi connectivity index (χ0n) is 12.9. The van der Waals surface area contributed by atoms with E-state index in [4.69, 9.17) is 5.73 Å². The molecule has 0 saturated carbocycles. The average Bonchev–Trinajstić information content (AvgIpc) is 2.91. The summed E-state index contributed by atoms with van der Waals surface area (Å²) in [5.74, 6) is 0.474. The Morgan fingerprint density at radius 1 is 1.29 bits per heavy atom. The number of carbonyl (C=O) groups is 1. The minimum absolute atomic E-state index is 0.0628. The van der Waals surface area contributed by atoms with E-state index in [1.165, 1.54) is 0 Å². The van der Waals surface area contributed by atoms with Gasteiger partial charge in [0.2, 0.25) is 5.91 Å². The molecule has 4 heteroatoms. The lowest BCUT2D eigenvalue weighted by atomic mass is 10.0. The van der Waals surface area contributed by atoms with Gasteiger partial charge in [0.15, 0.2) is 0 Å². The highest BCUT2D eigenvalue weighted by Gasteiger charge is 2.16. The third kappa shape index (κ3) is 3.85. The predicted octanol–water partition coefficient (Wildman–Crippen LogP) is 2.59. The molecule has 0 aliphatic carbocycles. The molecule has 0 bridgehead atoms. The molecule has 4 N–H and O–H groups in total. The largest absolute Gasteiger partial charge is 0.361 e. The fourth-order valence-corrected chi connectivity index (χ4v) is 2.58. The number of carbonyl (C=O) groups excluding carboxylic acids is 1. The number of nitrogens with one attached hydrogen (secondary N) is 2. The number of hydrogen-bond donors (Lipinski definition) is 3. The smallest absolute Gasteiger partial charge is 0.237 e. The van der Waals surface area contributed by atoms with Gasteiger partial charge in [0.1, 0.15) is 0 Å². The first-order chi connectivity index (χ1) is 10.2. The van der Waals surface area contributed by atoms with Gasteiger partial charge in [0.25, 0.3) is 0 Å². The standard InChI is InChI=1S/C17H25N3O/c1-3-12(4-2)10-20-17(21)15(18)9-13-11-19-16-8-6-5-7-14(13)16/h5-8,11-12,15,19H,3-4,9-10,18H2,1-2H3,(H,20,21)/t15-/m1/s1. The number of rotatable bonds is 7. The number of nitrogens with two attached hydrogens (primary N) is 1. The summed E-state index contributed by atoms with van der Waals surface area (Å²) in [5.41, 5.74) is 8.22. The zero-order chi connectivity index (χ0) is 15.2. The average molecular weight is 287 g/mol. The van der Waals surface area contributed by atoms with Gasteiger partial charge >= 0.3 is 0 Å². The van der Waals surface area contributed by atoms with E-state index >= 15 is 0 Å². The van der Waals surface area contributed by atoms with Crippen molar-refractivity contribution in [2.24, 2.45) is 11.7 Å². The lowest BCUT2D eigenvalue weighted by molar-refractivity contribution is -0.122. The molecule has 2 aromatic rings. The van der Waals surface area contributed by atoms with E-state index in [9.17, 15) is 4.79 Å². The van der Waals surface area contributed by atoms with Crippen molar-refractivity contribution in [3.63, 3.8) is 0 Å². The van der Waals surface area contributed by atoms with E-state index in [1.807, 2.05) is 24.4 Å². The highest BCUT2D eigenvalue weighted by Crippen LogP contribution is 2.18. The molecule has 0 fully saturated rings. The second kappa shape index (κ2) is 7.27. The van der Waals surface area contributed by atoms with E-state index in [-0.39, 0.29) is 5.91 Å². The first-order valence-electron chi connectivity index (χ1n) is 7.74. The number of benzene rings is 1. The van der Waals surface area contributed by atoms with Crippen molar-refractivity contribution in [1.82, 2.24) is 10.3 Å². The number of aromatic nitrogens is 1. The number of hydrogen-bond acceptors (Lipinski definition) is 2. The minimum atomic E-state index is -0.501. The van der Waals surface area contributed by atoms with Crippen LogP contribution in [0.25, 0.3) is 10.9 Å². The Hall–Kier alpha value is -1.81. The zero-order valence-corrected chi connectivity index (χ0v) is 12.9. The Bertz CT molecular complexity index is 586. The maximum atomic E-state index is 12.1. The molecule has 0 aliphatic rings. The van der Waals surface area contributed by atoms with Crippen molar-refractivity contribution in [3.8, 4) is 0 Å². The SMILES string of the molecule is CCC(CC)CNC(=O)[C@H](N)Cc1c[nH]c2ccccc12. The van der Waals surface area contributed by atoms with Gasteiger partial charge in [-0.05, 0) is 24.0 Å². The fourth-order valence-electron chi connectivity index (χ4n) is 2.58. The lowest BCUT2D eigenvalue weighted by Crippen LogP contribution is -2.43. The van der Waals surface area contributed by atoms with Crippen molar-refractivity contribution < 1.29 is 4.79 Å². The van der Waals surface area contributed by atoms with E-state index in [2.05, 4.69) is 30.2 Å². The third-order valence-electron chi connectivity index (χ3n) is 4.17. The highest BCUT2D eigenvalue weighted by molar-refractivity contribution is 5.86. The third-order valence-corrected chi connectivity index (χ3v) is 4.17. The highest BCUT2D eigenvalue weighted by atomic mass is 16.2. The molecular weight excluding hydrogens is 262 g/mol. The minimum Gasteiger partial charge on any atom is -0.361 e. The molecule has 1 aromatic heterocycles. The van der Waals surface area contributed by atoms with Gasteiger partial charge in [0, 0.05) is 23.6 Å². The Morgan fingerprint density at radius 2 is 2.00 bits per heavy atom. The van der Waals surface area contributed by atoms with Gasteiger partial charge in [-0.3, -0.25) is 4.79 Å². The summed E-state index contributed by atoms with van der Waals surface area (Å²) in [5, 5.41) is 4.11. The van der Waals surface area contributed by atoms with Crippen LogP contribution in [0, 0.1) is 5.92 Å². The second-order valence-electron chi connectivity index (χ2n) is 5.60.